The van der Waals surface area contributed by atoms with Gasteiger partial charge in [0.05, 0.1) is 6.42 Å². The number of hydrogen-bond acceptors (Lipinski definition) is 2. The molecular formula is C24H27Cl2FN2O2. The molecule has 2 aromatic carbocycles. The van der Waals surface area contributed by atoms with Crippen molar-refractivity contribution >= 4 is 35.0 Å². The van der Waals surface area contributed by atoms with Crippen molar-refractivity contribution in [3.8, 4) is 0 Å². The maximum atomic E-state index is 14.3. The monoisotopic (exact) mass is 464 g/mol. The maximum Gasteiger partial charge on any atom is 0.242 e. The number of carbonyl (C=O) groups is 2. The molecule has 4 nitrogen and oxygen atoms in total. The minimum Gasteiger partial charge on any atom is -0.352 e. The smallest absolute Gasteiger partial charge is 0.242 e. The first kappa shape index (κ1) is 23.6. The van der Waals surface area contributed by atoms with Crippen LogP contribution in [-0.4, -0.2) is 28.8 Å². The van der Waals surface area contributed by atoms with Gasteiger partial charge in [0.15, 0.2) is 0 Å². The zero-order valence-electron chi connectivity index (χ0n) is 17.5. The van der Waals surface area contributed by atoms with E-state index < -0.39 is 11.9 Å². The Morgan fingerprint density at radius 3 is 2.48 bits per heavy atom. The summed E-state index contributed by atoms with van der Waals surface area (Å²) in [6, 6.07) is 10.6. The highest BCUT2D eigenvalue weighted by Gasteiger charge is 2.29. The maximum absolute atomic E-state index is 14.3. The quantitative estimate of drug-likeness (QED) is 0.584. The fraction of sp³-hybridized carbons (Fsp3) is 0.417. The van der Waals surface area contributed by atoms with Gasteiger partial charge in [0, 0.05) is 28.2 Å². The van der Waals surface area contributed by atoms with E-state index in [1.807, 2.05) is 0 Å². The molecule has 31 heavy (non-hydrogen) atoms. The summed E-state index contributed by atoms with van der Waals surface area (Å²) >= 11 is 12.2. The van der Waals surface area contributed by atoms with Crippen LogP contribution in [0.1, 0.15) is 50.2 Å². The molecule has 7 heteroatoms. The van der Waals surface area contributed by atoms with Crippen molar-refractivity contribution in [1.82, 2.24) is 10.2 Å². The van der Waals surface area contributed by atoms with Crippen LogP contribution in [0.5, 0.6) is 0 Å². The molecule has 1 atom stereocenters. The first-order valence-corrected chi connectivity index (χ1v) is 11.4. The molecule has 0 heterocycles. The van der Waals surface area contributed by atoms with Crippen LogP contribution in [0.3, 0.4) is 0 Å². The first-order chi connectivity index (χ1) is 14.8. The zero-order chi connectivity index (χ0) is 22.4. The number of carbonyl (C=O) groups excluding carboxylic acids is 2. The Morgan fingerprint density at radius 1 is 1.10 bits per heavy atom. The van der Waals surface area contributed by atoms with Gasteiger partial charge in [-0.3, -0.25) is 9.59 Å². The van der Waals surface area contributed by atoms with Gasteiger partial charge >= 0.3 is 0 Å². The highest BCUT2D eigenvalue weighted by Crippen LogP contribution is 2.23. The summed E-state index contributed by atoms with van der Waals surface area (Å²) in [5, 5.41) is 3.92. The molecule has 0 radical (unpaired) electrons. The van der Waals surface area contributed by atoms with Crippen LogP contribution in [0.2, 0.25) is 10.0 Å². The van der Waals surface area contributed by atoms with Gasteiger partial charge in [0.25, 0.3) is 0 Å². The average molecular weight is 465 g/mol. The van der Waals surface area contributed by atoms with Gasteiger partial charge in [-0.15, -0.1) is 0 Å². The summed E-state index contributed by atoms with van der Waals surface area (Å²) in [4.78, 5) is 27.6. The Hall–Kier alpha value is -2.11. The third-order valence-corrected chi connectivity index (χ3v) is 6.36. The molecule has 1 aliphatic rings. The molecule has 0 aromatic heterocycles. The Kier molecular flexibility index (Phi) is 8.33. The summed E-state index contributed by atoms with van der Waals surface area (Å²) in [7, 11) is 0. The lowest BCUT2D eigenvalue weighted by molar-refractivity contribution is -0.140. The largest absolute Gasteiger partial charge is 0.352 e. The van der Waals surface area contributed by atoms with Crippen LogP contribution < -0.4 is 5.32 Å². The third kappa shape index (κ3) is 6.44. The molecule has 2 amide bonds. The second-order valence-electron chi connectivity index (χ2n) is 8.05. The third-order valence-electron chi connectivity index (χ3n) is 5.77. The number of nitrogens with zero attached hydrogens (tertiary/aromatic N) is 1. The SMILES string of the molecule is CC(C(=O)NC1CCCCC1)N(Cc1ccccc1F)C(=O)Cc1ccc(Cl)cc1Cl. The summed E-state index contributed by atoms with van der Waals surface area (Å²) in [6.45, 7) is 1.68. The number of benzene rings is 2. The van der Waals surface area contributed by atoms with Gasteiger partial charge < -0.3 is 10.2 Å². The summed E-state index contributed by atoms with van der Waals surface area (Å²) in [5.74, 6) is -0.942. The lowest BCUT2D eigenvalue weighted by Crippen LogP contribution is -2.50. The van der Waals surface area contributed by atoms with E-state index in [0.717, 1.165) is 25.7 Å². The minimum absolute atomic E-state index is 0.00400. The Balaban J connectivity index is 1.79. The lowest BCUT2D eigenvalue weighted by Gasteiger charge is -2.31. The van der Waals surface area contributed by atoms with Crippen LogP contribution in [0.15, 0.2) is 42.5 Å². The van der Waals surface area contributed by atoms with Gasteiger partial charge in [-0.2, -0.15) is 0 Å². The van der Waals surface area contributed by atoms with E-state index in [-0.39, 0.29) is 30.8 Å². The molecule has 1 saturated carbocycles. The summed E-state index contributed by atoms with van der Waals surface area (Å²) in [5.41, 5.74) is 0.963. The molecule has 1 fully saturated rings. The number of nitrogens with one attached hydrogen (secondary N) is 1. The highest BCUT2D eigenvalue weighted by molar-refractivity contribution is 6.35. The fourth-order valence-corrected chi connectivity index (χ4v) is 4.37. The van der Waals surface area contributed by atoms with Crippen molar-refractivity contribution in [2.45, 2.75) is 64.1 Å². The minimum atomic E-state index is -0.750. The molecule has 1 aliphatic carbocycles. The van der Waals surface area contributed by atoms with E-state index in [4.69, 9.17) is 23.2 Å². The van der Waals surface area contributed by atoms with Crippen molar-refractivity contribution in [2.75, 3.05) is 0 Å². The molecule has 2 aromatic rings. The molecule has 1 N–H and O–H groups in total. The molecule has 0 bridgehead atoms. The topological polar surface area (TPSA) is 49.4 Å². The second kappa shape index (κ2) is 11.0. The van der Waals surface area contributed by atoms with Gasteiger partial charge in [0.2, 0.25) is 11.8 Å². The Bertz CT molecular complexity index is 932. The van der Waals surface area contributed by atoms with Gasteiger partial charge in [-0.25, -0.2) is 4.39 Å². The number of rotatable bonds is 7. The Morgan fingerprint density at radius 2 is 1.81 bits per heavy atom. The predicted octanol–water partition coefficient (Wildman–Crippen LogP) is 5.54. The number of halogens is 3. The molecule has 1 unspecified atom stereocenters. The standard InChI is InChI=1S/C24H27Cl2FN2O2/c1-16(24(31)28-20-8-3-2-4-9-20)29(15-18-7-5-6-10-22(18)27)23(30)13-17-11-12-19(25)14-21(17)26/h5-7,10-12,14,16,20H,2-4,8-9,13,15H2,1H3,(H,28,31). The first-order valence-electron chi connectivity index (χ1n) is 10.6. The second-order valence-corrected chi connectivity index (χ2v) is 8.89. The van der Waals surface area contributed by atoms with Crippen molar-refractivity contribution in [3.05, 3.63) is 69.5 Å². The van der Waals surface area contributed by atoms with E-state index in [2.05, 4.69) is 5.32 Å². The summed E-state index contributed by atoms with van der Waals surface area (Å²) in [6.07, 6.45) is 5.24. The van der Waals surface area contributed by atoms with Crippen LogP contribution in [0.4, 0.5) is 4.39 Å². The predicted molar refractivity (Wildman–Crippen MR) is 122 cm³/mol. The highest BCUT2D eigenvalue weighted by atomic mass is 35.5. The van der Waals surface area contributed by atoms with Gasteiger partial charge in [-0.05, 0) is 43.5 Å². The van der Waals surface area contributed by atoms with Crippen molar-refractivity contribution < 1.29 is 14.0 Å². The number of amides is 2. The Labute approximate surface area is 192 Å². The van der Waals surface area contributed by atoms with Crippen LogP contribution in [0, 0.1) is 5.82 Å². The molecular weight excluding hydrogens is 438 g/mol. The van der Waals surface area contributed by atoms with E-state index in [0.29, 0.717) is 21.2 Å². The van der Waals surface area contributed by atoms with Crippen LogP contribution in [0.25, 0.3) is 0 Å². The van der Waals surface area contributed by atoms with E-state index >= 15 is 0 Å². The fourth-order valence-electron chi connectivity index (χ4n) is 3.89. The molecule has 0 saturated heterocycles. The van der Waals surface area contributed by atoms with Crippen molar-refractivity contribution in [2.24, 2.45) is 0 Å². The average Bonchev–Trinajstić information content (AvgIpc) is 2.75. The van der Waals surface area contributed by atoms with E-state index in [1.54, 1.807) is 43.3 Å². The van der Waals surface area contributed by atoms with Crippen molar-refractivity contribution in [3.63, 3.8) is 0 Å². The normalized spacial score (nSPS) is 15.4. The summed E-state index contributed by atoms with van der Waals surface area (Å²) < 4.78 is 14.3. The van der Waals surface area contributed by atoms with Gasteiger partial charge in [0.1, 0.15) is 11.9 Å². The molecule has 0 aliphatic heterocycles. The van der Waals surface area contributed by atoms with Crippen LogP contribution >= 0.6 is 23.2 Å². The number of hydrogen-bond donors (Lipinski definition) is 1. The van der Waals surface area contributed by atoms with Crippen molar-refractivity contribution in [1.29, 1.82) is 0 Å². The lowest BCUT2D eigenvalue weighted by atomic mass is 9.95. The van der Waals surface area contributed by atoms with E-state index in [9.17, 15) is 14.0 Å². The molecule has 3 rings (SSSR count). The molecule has 0 spiro atoms. The molecule has 166 valence electrons. The van der Waals surface area contributed by atoms with Gasteiger partial charge in [-0.1, -0.05) is 66.7 Å². The zero-order valence-corrected chi connectivity index (χ0v) is 19.1. The van der Waals surface area contributed by atoms with E-state index in [1.165, 1.54) is 17.4 Å². The van der Waals surface area contributed by atoms with Crippen LogP contribution in [-0.2, 0) is 22.6 Å².